The zero-order chi connectivity index (χ0) is 21.8. The van der Waals surface area contributed by atoms with E-state index in [-0.39, 0.29) is 5.56 Å². The number of nitrogens with zero attached hydrogens (tertiary/aromatic N) is 1. The summed E-state index contributed by atoms with van der Waals surface area (Å²) in [6.45, 7) is 4.11. The molecule has 154 valence electrons. The Balaban J connectivity index is 2.40. The smallest absolute Gasteiger partial charge is 0.308 e. The third-order valence-corrected chi connectivity index (χ3v) is 6.07. The third-order valence-electron chi connectivity index (χ3n) is 4.95. The molecule has 0 radical (unpaired) electrons. The molecular formula is C23H25N3O3Si. The van der Waals surface area contributed by atoms with E-state index in [1.54, 1.807) is 43.7 Å². The molecule has 0 bridgehead atoms. The van der Waals surface area contributed by atoms with Crippen molar-refractivity contribution in [3.8, 4) is 16.9 Å². The number of ether oxygens (including phenoxy) is 1. The van der Waals surface area contributed by atoms with Crippen LogP contribution in [0.1, 0.15) is 12.5 Å². The molecule has 0 aliphatic heterocycles. The molecule has 0 saturated heterocycles. The lowest BCUT2D eigenvalue weighted by atomic mass is 9.96. The van der Waals surface area contributed by atoms with E-state index in [1.807, 2.05) is 37.3 Å². The molecule has 0 unspecified atom stereocenters. The number of fused-ring (bicyclic) bond motifs is 1. The number of allylic oxidation sites excluding steroid dienone is 1. The zero-order valence-corrected chi connectivity index (χ0v) is 18.6. The summed E-state index contributed by atoms with van der Waals surface area (Å²) < 4.78 is 19.6. The zero-order valence-electron chi connectivity index (χ0n) is 17.6. The van der Waals surface area contributed by atoms with Gasteiger partial charge in [-0.05, 0) is 53.9 Å². The van der Waals surface area contributed by atoms with Crippen LogP contribution in [0.4, 0.5) is 0 Å². The molecule has 0 aliphatic rings. The minimum Gasteiger partial charge on any atom is -0.493 e. The van der Waals surface area contributed by atoms with Gasteiger partial charge in [0, 0.05) is 54.8 Å². The van der Waals surface area contributed by atoms with Crippen molar-refractivity contribution in [3.63, 3.8) is 0 Å². The van der Waals surface area contributed by atoms with E-state index < -0.39 is 8.68 Å². The summed E-state index contributed by atoms with van der Waals surface area (Å²) in [7, 11) is 1.60. The highest BCUT2D eigenvalue weighted by atomic mass is 28.3. The van der Waals surface area contributed by atoms with Crippen molar-refractivity contribution in [3.05, 3.63) is 64.7 Å². The van der Waals surface area contributed by atoms with Gasteiger partial charge >= 0.3 is 8.68 Å². The Kier molecular flexibility index (Phi) is 6.42. The van der Waals surface area contributed by atoms with Gasteiger partial charge in [-0.25, -0.2) is 0 Å². The van der Waals surface area contributed by atoms with Crippen LogP contribution >= 0.6 is 0 Å². The van der Waals surface area contributed by atoms with E-state index in [4.69, 9.17) is 10.1 Å². The monoisotopic (exact) mass is 419 g/mol. The van der Waals surface area contributed by atoms with Gasteiger partial charge in [0.05, 0.1) is 6.61 Å². The Morgan fingerprint density at radius 2 is 1.97 bits per heavy atom. The van der Waals surface area contributed by atoms with Crippen molar-refractivity contribution in [1.29, 1.82) is 5.41 Å². The fourth-order valence-corrected chi connectivity index (χ4v) is 4.13. The highest BCUT2D eigenvalue weighted by Crippen LogP contribution is 2.34. The number of aryl methyl sites for hydroxylation is 1. The van der Waals surface area contributed by atoms with Crippen LogP contribution in [0.25, 0.3) is 27.5 Å². The number of aromatic nitrogens is 1. The molecule has 0 spiro atoms. The first-order valence-electron chi connectivity index (χ1n) is 9.71. The van der Waals surface area contributed by atoms with E-state index in [1.165, 1.54) is 6.21 Å². The first kappa shape index (κ1) is 21.4. The molecule has 3 rings (SSSR count). The van der Waals surface area contributed by atoms with Crippen molar-refractivity contribution in [2.45, 2.75) is 13.5 Å². The van der Waals surface area contributed by atoms with E-state index in [9.17, 15) is 9.26 Å². The van der Waals surface area contributed by atoms with Gasteiger partial charge in [0.25, 0.3) is 5.56 Å². The first-order valence-corrected chi connectivity index (χ1v) is 11.6. The minimum absolute atomic E-state index is 0.104. The van der Waals surface area contributed by atoms with Crippen molar-refractivity contribution in [2.75, 3.05) is 13.7 Å². The molecule has 2 N–H and O–H groups in total. The quantitative estimate of drug-likeness (QED) is 0.455. The van der Waals surface area contributed by atoms with Gasteiger partial charge in [0.1, 0.15) is 5.75 Å². The molecule has 0 atom stereocenters. The molecule has 0 saturated carbocycles. The Hall–Kier alpha value is -3.32. The van der Waals surface area contributed by atoms with Crippen LogP contribution < -0.4 is 20.8 Å². The predicted octanol–water partition coefficient (Wildman–Crippen LogP) is 3.07. The lowest BCUT2D eigenvalue weighted by Gasteiger charge is -2.16. The second-order valence-corrected chi connectivity index (χ2v) is 8.64. The number of benzene rings is 2. The maximum atomic E-state index is 12.8. The molecule has 0 amide bonds. The fourth-order valence-electron chi connectivity index (χ4n) is 3.46. The average Bonchev–Trinajstić information content (AvgIpc) is 2.74. The number of rotatable bonds is 7. The first-order chi connectivity index (χ1) is 14.4. The standard InChI is InChI=1S/C23H25N3O3Si/c1-5-29-22-9-7-17(30(4)28)11-20(22)21-14-26(3)23(27)18-8-6-15(10-19(18)21)16(12-24)13-25-2/h6-14,24-25H,5H2,1-4H3/b16-13+,24-12?. The summed E-state index contributed by atoms with van der Waals surface area (Å²) in [4.78, 5) is 12.8. The van der Waals surface area contributed by atoms with Gasteiger partial charge in [-0.2, -0.15) is 0 Å². The topological polar surface area (TPSA) is 84.2 Å². The van der Waals surface area contributed by atoms with Crippen molar-refractivity contribution in [1.82, 2.24) is 9.88 Å². The largest absolute Gasteiger partial charge is 0.493 e. The van der Waals surface area contributed by atoms with Crippen LogP contribution in [-0.4, -0.2) is 33.1 Å². The van der Waals surface area contributed by atoms with Crippen LogP contribution in [-0.2, 0) is 11.5 Å². The Morgan fingerprint density at radius 1 is 1.20 bits per heavy atom. The highest BCUT2D eigenvalue weighted by molar-refractivity contribution is 6.58. The molecule has 1 heterocycles. The van der Waals surface area contributed by atoms with E-state index >= 15 is 0 Å². The number of hydrogen-bond donors (Lipinski definition) is 2. The van der Waals surface area contributed by atoms with Gasteiger partial charge in [-0.3, -0.25) is 4.79 Å². The third kappa shape index (κ3) is 4.02. The second kappa shape index (κ2) is 9.00. The summed E-state index contributed by atoms with van der Waals surface area (Å²) in [5.41, 5.74) is 3.02. The van der Waals surface area contributed by atoms with Gasteiger partial charge in [-0.1, -0.05) is 12.1 Å². The van der Waals surface area contributed by atoms with E-state index in [0.29, 0.717) is 23.3 Å². The summed E-state index contributed by atoms with van der Waals surface area (Å²) in [5, 5.41) is 12.8. The summed E-state index contributed by atoms with van der Waals surface area (Å²) in [6, 6.07) is 11.1. The van der Waals surface area contributed by atoms with Crippen molar-refractivity contribution >= 4 is 36.4 Å². The SMILES string of the molecule is CCOc1ccc([Si](C)=O)cc1-c1cn(C)c(=O)c2ccc(/C(C=N)=C/NC)cc12. The second-order valence-electron chi connectivity index (χ2n) is 6.95. The normalized spacial score (nSPS) is 11.4. The number of pyridine rings is 1. The van der Waals surface area contributed by atoms with Gasteiger partial charge < -0.3 is 24.5 Å². The summed E-state index contributed by atoms with van der Waals surface area (Å²) in [6.07, 6.45) is 4.80. The fraction of sp³-hybridized carbons (Fsp3) is 0.217. The summed E-state index contributed by atoms with van der Waals surface area (Å²) >= 11 is 0. The summed E-state index contributed by atoms with van der Waals surface area (Å²) in [5.74, 6) is 0.674. The van der Waals surface area contributed by atoms with Crippen LogP contribution in [0.2, 0.25) is 6.55 Å². The van der Waals surface area contributed by atoms with Crippen LogP contribution in [0, 0.1) is 5.41 Å². The van der Waals surface area contributed by atoms with Gasteiger partial charge in [0.2, 0.25) is 0 Å². The Labute approximate surface area is 177 Å². The lowest BCUT2D eigenvalue weighted by molar-refractivity contribution is 0.341. The highest BCUT2D eigenvalue weighted by Gasteiger charge is 2.16. The molecule has 0 fully saturated rings. The molecule has 6 nitrogen and oxygen atoms in total. The maximum Gasteiger partial charge on any atom is 0.308 e. The van der Waals surface area contributed by atoms with Crippen molar-refractivity contribution < 1.29 is 9.20 Å². The molecule has 30 heavy (non-hydrogen) atoms. The van der Waals surface area contributed by atoms with Crippen LogP contribution in [0.15, 0.2) is 53.6 Å². The number of nitrogens with one attached hydrogen (secondary N) is 2. The molecular weight excluding hydrogens is 394 g/mol. The van der Waals surface area contributed by atoms with Crippen LogP contribution in [0.5, 0.6) is 5.75 Å². The van der Waals surface area contributed by atoms with Gasteiger partial charge in [-0.15, -0.1) is 0 Å². The van der Waals surface area contributed by atoms with Crippen LogP contribution in [0.3, 0.4) is 0 Å². The Morgan fingerprint density at radius 3 is 2.60 bits per heavy atom. The number of hydrogen-bond acceptors (Lipinski definition) is 5. The molecule has 7 heteroatoms. The van der Waals surface area contributed by atoms with Gasteiger partial charge in [0.15, 0.2) is 0 Å². The Bertz CT molecular complexity index is 1230. The molecule has 3 aromatic rings. The van der Waals surface area contributed by atoms with E-state index in [2.05, 4.69) is 5.32 Å². The molecule has 0 aliphatic carbocycles. The minimum atomic E-state index is -1.90. The molecule has 2 aromatic carbocycles. The average molecular weight is 420 g/mol. The van der Waals surface area contributed by atoms with Crippen molar-refractivity contribution in [2.24, 2.45) is 7.05 Å². The van der Waals surface area contributed by atoms with E-state index in [0.717, 1.165) is 27.3 Å². The maximum absolute atomic E-state index is 12.8. The lowest BCUT2D eigenvalue weighted by Crippen LogP contribution is -2.19. The predicted molar refractivity (Wildman–Crippen MR) is 124 cm³/mol. The molecule has 1 aromatic heterocycles.